The Hall–Kier alpha value is -1.55. The van der Waals surface area contributed by atoms with Gasteiger partial charge in [0.15, 0.2) is 6.61 Å². The minimum Gasteiger partial charge on any atom is -0.484 e. The van der Waals surface area contributed by atoms with Crippen LogP contribution in [0.5, 0.6) is 5.75 Å². The standard InChI is InChI=1S/C16H24N2O2/c1-12(2)14-5-4-6-15(9-14)20-11-16(19)18-8-7-17-10-13(18)3/h4-6,9,12-13,17H,7-8,10-11H2,1-3H3. The predicted molar refractivity (Wildman–Crippen MR) is 80.1 cm³/mol. The topological polar surface area (TPSA) is 41.6 Å². The van der Waals surface area contributed by atoms with Crippen molar-refractivity contribution in [3.05, 3.63) is 29.8 Å². The molecule has 1 saturated heterocycles. The molecule has 20 heavy (non-hydrogen) atoms. The van der Waals surface area contributed by atoms with Gasteiger partial charge in [-0.2, -0.15) is 0 Å². The molecular weight excluding hydrogens is 252 g/mol. The summed E-state index contributed by atoms with van der Waals surface area (Å²) in [5.74, 6) is 1.30. The normalized spacial score (nSPS) is 19.2. The zero-order valence-electron chi connectivity index (χ0n) is 12.6. The monoisotopic (exact) mass is 276 g/mol. The van der Waals surface area contributed by atoms with Gasteiger partial charge >= 0.3 is 0 Å². The molecule has 4 heteroatoms. The molecule has 1 aromatic carbocycles. The Morgan fingerprint density at radius 2 is 2.30 bits per heavy atom. The number of nitrogens with zero attached hydrogens (tertiary/aromatic N) is 1. The van der Waals surface area contributed by atoms with Crippen LogP contribution in [0.25, 0.3) is 0 Å². The van der Waals surface area contributed by atoms with E-state index in [-0.39, 0.29) is 18.6 Å². The molecule has 110 valence electrons. The summed E-state index contributed by atoms with van der Waals surface area (Å²) >= 11 is 0. The lowest BCUT2D eigenvalue weighted by Gasteiger charge is -2.33. The summed E-state index contributed by atoms with van der Waals surface area (Å²) in [5.41, 5.74) is 1.23. The molecule has 1 atom stereocenters. The van der Waals surface area contributed by atoms with Gasteiger partial charge in [0.05, 0.1) is 0 Å². The molecule has 0 aliphatic carbocycles. The Kier molecular flexibility index (Phi) is 5.01. The van der Waals surface area contributed by atoms with Gasteiger partial charge < -0.3 is 15.0 Å². The Morgan fingerprint density at radius 1 is 1.50 bits per heavy atom. The van der Waals surface area contributed by atoms with Gasteiger partial charge in [0, 0.05) is 25.7 Å². The number of nitrogens with one attached hydrogen (secondary N) is 1. The zero-order chi connectivity index (χ0) is 14.5. The van der Waals surface area contributed by atoms with E-state index in [1.165, 1.54) is 5.56 Å². The fraction of sp³-hybridized carbons (Fsp3) is 0.562. The van der Waals surface area contributed by atoms with Crippen LogP contribution < -0.4 is 10.1 Å². The average molecular weight is 276 g/mol. The van der Waals surface area contributed by atoms with Crippen LogP contribution in [0.4, 0.5) is 0 Å². The molecule has 0 aromatic heterocycles. The quantitative estimate of drug-likeness (QED) is 0.914. The third-order valence-corrected chi connectivity index (χ3v) is 3.71. The Labute approximate surface area is 121 Å². The largest absolute Gasteiger partial charge is 0.484 e. The highest BCUT2D eigenvalue weighted by Crippen LogP contribution is 2.20. The van der Waals surface area contributed by atoms with Crippen molar-refractivity contribution in [3.63, 3.8) is 0 Å². The summed E-state index contributed by atoms with van der Waals surface area (Å²) < 4.78 is 5.65. The first-order valence-electron chi connectivity index (χ1n) is 7.31. The number of piperazine rings is 1. The number of carbonyl (C=O) groups is 1. The highest BCUT2D eigenvalue weighted by Gasteiger charge is 2.23. The van der Waals surface area contributed by atoms with E-state index in [0.717, 1.165) is 25.4 Å². The van der Waals surface area contributed by atoms with Crippen LogP contribution in [-0.2, 0) is 4.79 Å². The molecule has 1 aliphatic rings. The first-order valence-corrected chi connectivity index (χ1v) is 7.31. The van der Waals surface area contributed by atoms with E-state index in [1.807, 2.05) is 23.1 Å². The molecule has 1 N–H and O–H groups in total. The van der Waals surface area contributed by atoms with Crippen molar-refractivity contribution in [2.75, 3.05) is 26.2 Å². The van der Waals surface area contributed by atoms with Crippen LogP contribution in [0, 0.1) is 0 Å². The van der Waals surface area contributed by atoms with Crippen molar-refractivity contribution in [1.29, 1.82) is 0 Å². The highest BCUT2D eigenvalue weighted by molar-refractivity contribution is 5.78. The van der Waals surface area contributed by atoms with Gasteiger partial charge in [-0.25, -0.2) is 0 Å². The van der Waals surface area contributed by atoms with Crippen molar-refractivity contribution < 1.29 is 9.53 Å². The molecular formula is C16H24N2O2. The summed E-state index contributed by atoms with van der Waals surface area (Å²) in [7, 11) is 0. The number of amides is 1. The molecule has 0 radical (unpaired) electrons. The predicted octanol–water partition coefficient (Wildman–Crippen LogP) is 2.01. The summed E-state index contributed by atoms with van der Waals surface area (Å²) in [6.07, 6.45) is 0. The second kappa shape index (κ2) is 6.75. The van der Waals surface area contributed by atoms with Crippen LogP contribution in [0.3, 0.4) is 0 Å². The number of hydrogen-bond donors (Lipinski definition) is 1. The SMILES string of the molecule is CC(C)c1cccc(OCC(=O)N2CCNCC2C)c1. The number of hydrogen-bond acceptors (Lipinski definition) is 3. The van der Waals surface area contributed by atoms with Gasteiger partial charge in [0.2, 0.25) is 0 Å². The molecule has 1 amide bonds. The molecule has 1 unspecified atom stereocenters. The highest BCUT2D eigenvalue weighted by atomic mass is 16.5. The maximum atomic E-state index is 12.2. The maximum Gasteiger partial charge on any atom is 0.260 e. The maximum absolute atomic E-state index is 12.2. The van der Waals surface area contributed by atoms with Crippen LogP contribution in [0.1, 0.15) is 32.3 Å². The molecule has 1 heterocycles. The van der Waals surface area contributed by atoms with Crippen molar-refractivity contribution in [2.24, 2.45) is 0 Å². The lowest BCUT2D eigenvalue weighted by atomic mass is 10.0. The minimum atomic E-state index is 0.0638. The number of ether oxygens (including phenoxy) is 1. The Bertz CT molecular complexity index is 460. The lowest BCUT2D eigenvalue weighted by Crippen LogP contribution is -2.53. The van der Waals surface area contributed by atoms with E-state index < -0.39 is 0 Å². The number of carbonyl (C=O) groups excluding carboxylic acids is 1. The van der Waals surface area contributed by atoms with Gasteiger partial charge in [-0.3, -0.25) is 4.79 Å². The van der Waals surface area contributed by atoms with Crippen molar-refractivity contribution in [3.8, 4) is 5.75 Å². The summed E-state index contributed by atoms with van der Waals surface area (Å²) in [6.45, 7) is 8.94. The van der Waals surface area contributed by atoms with E-state index in [1.54, 1.807) is 0 Å². The molecule has 4 nitrogen and oxygen atoms in total. The van der Waals surface area contributed by atoms with Crippen molar-refractivity contribution in [2.45, 2.75) is 32.7 Å². The van der Waals surface area contributed by atoms with Gasteiger partial charge in [-0.15, -0.1) is 0 Å². The van der Waals surface area contributed by atoms with Crippen LogP contribution in [0.2, 0.25) is 0 Å². The van der Waals surface area contributed by atoms with E-state index in [0.29, 0.717) is 5.92 Å². The smallest absolute Gasteiger partial charge is 0.260 e. The summed E-state index contributed by atoms with van der Waals surface area (Å²) in [6, 6.07) is 8.21. The van der Waals surface area contributed by atoms with Crippen LogP contribution in [0.15, 0.2) is 24.3 Å². The molecule has 0 bridgehead atoms. The first kappa shape index (κ1) is 14.9. The average Bonchev–Trinajstić information content (AvgIpc) is 2.45. The first-order chi connectivity index (χ1) is 9.58. The van der Waals surface area contributed by atoms with E-state index in [2.05, 4.69) is 32.2 Å². The zero-order valence-corrected chi connectivity index (χ0v) is 12.6. The van der Waals surface area contributed by atoms with Crippen LogP contribution in [-0.4, -0.2) is 43.1 Å². The summed E-state index contributed by atoms with van der Waals surface area (Å²) in [4.78, 5) is 14.1. The van der Waals surface area contributed by atoms with E-state index >= 15 is 0 Å². The third kappa shape index (κ3) is 3.73. The lowest BCUT2D eigenvalue weighted by molar-refractivity contribution is -0.136. The van der Waals surface area contributed by atoms with E-state index in [4.69, 9.17) is 4.74 Å². The summed E-state index contributed by atoms with van der Waals surface area (Å²) in [5, 5.41) is 3.28. The molecule has 1 aromatic rings. The second-order valence-electron chi connectivity index (χ2n) is 5.66. The molecule has 1 aliphatic heterocycles. The van der Waals surface area contributed by atoms with E-state index in [9.17, 15) is 4.79 Å². The molecule has 0 spiro atoms. The molecule has 0 saturated carbocycles. The number of benzene rings is 1. The van der Waals surface area contributed by atoms with Crippen molar-refractivity contribution in [1.82, 2.24) is 10.2 Å². The van der Waals surface area contributed by atoms with Gasteiger partial charge in [0.1, 0.15) is 5.75 Å². The van der Waals surface area contributed by atoms with Gasteiger partial charge in [-0.05, 0) is 30.5 Å². The fourth-order valence-corrected chi connectivity index (χ4v) is 2.40. The minimum absolute atomic E-state index is 0.0638. The van der Waals surface area contributed by atoms with Gasteiger partial charge in [0.25, 0.3) is 5.91 Å². The third-order valence-electron chi connectivity index (χ3n) is 3.71. The van der Waals surface area contributed by atoms with Crippen molar-refractivity contribution >= 4 is 5.91 Å². The fourth-order valence-electron chi connectivity index (χ4n) is 2.40. The molecule has 1 fully saturated rings. The second-order valence-corrected chi connectivity index (χ2v) is 5.66. The van der Waals surface area contributed by atoms with Gasteiger partial charge in [-0.1, -0.05) is 26.0 Å². The number of rotatable bonds is 4. The molecule has 2 rings (SSSR count). The van der Waals surface area contributed by atoms with Crippen LogP contribution >= 0.6 is 0 Å². The Morgan fingerprint density at radius 3 is 3.00 bits per heavy atom. The Balaban J connectivity index is 1.91.